The van der Waals surface area contributed by atoms with Crippen LogP contribution < -0.4 is 15.4 Å². The number of para-hydroxylation sites is 1. The minimum absolute atomic E-state index is 0.375. The number of nitrogens with zero attached hydrogens (tertiary/aromatic N) is 1. The molecule has 1 saturated carbocycles. The summed E-state index contributed by atoms with van der Waals surface area (Å²) in [5, 5.41) is 16.8. The molecular weight excluding hydrogens is 330 g/mol. The fourth-order valence-electron chi connectivity index (χ4n) is 2.35. The third kappa shape index (κ3) is 3.65. The SMILES string of the molecule is COc1ccccc1C(NC(=O)Nc1nc(C2CC2)cs1)C(=O)O. The van der Waals surface area contributed by atoms with Crippen LogP contribution in [-0.4, -0.2) is 29.2 Å². The van der Waals surface area contributed by atoms with Gasteiger partial charge < -0.3 is 15.2 Å². The van der Waals surface area contributed by atoms with Gasteiger partial charge in [0.15, 0.2) is 11.2 Å². The fourth-order valence-corrected chi connectivity index (χ4v) is 3.14. The summed E-state index contributed by atoms with van der Waals surface area (Å²) in [5.41, 5.74) is 1.36. The molecule has 8 heteroatoms. The number of carboxylic acid groups (broad SMARTS) is 1. The van der Waals surface area contributed by atoms with Crippen LogP contribution in [0.25, 0.3) is 0 Å². The molecule has 1 heterocycles. The van der Waals surface area contributed by atoms with E-state index in [1.807, 2.05) is 5.38 Å². The van der Waals surface area contributed by atoms with Gasteiger partial charge in [-0.15, -0.1) is 11.3 Å². The zero-order valence-corrected chi connectivity index (χ0v) is 13.8. The zero-order chi connectivity index (χ0) is 17.1. The summed E-state index contributed by atoms with van der Waals surface area (Å²) in [6.07, 6.45) is 2.26. The molecule has 1 fully saturated rings. The highest BCUT2D eigenvalue weighted by Gasteiger charge is 2.27. The zero-order valence-electron chi connectivity index (χ0n) is 13.0. The molecule has 0 radical (unpaired) electrons. The van der Waals surface area contributed by atoms with E-state index in [1.54, 1.807) is 24.3 Å². The van der Waals surface area contributed by atoms with Crippen LogP contribution in [0.5, 0.6) is 5.75 Å². The van der Waals surface area contributed by atoms with Gasteiger partial charge in [0, 0.05) is 16.9 Å². The minimum Gasteiger partial charge on any atom is -0.496 e. The molecule has 126 valence electrons. The summed E-state index contributed by atoms with van der Waals surface area (Å²) in [6.45, 7) is 0. The van der Waals surface area contributed by atoms with Crippen LogP contribution in [-0.2, 0) is 4.79 Å². The van der Waals surface area contributed by atoms with Gasteiger partial charge in [-0.25, -0.2) is 14.6 Å². The number of benzene rings is 1. The number of aliphatic carboxylic acids is 1. The Balaban J connectivity index is 1.70. The van der Waals surface area contributed by atoms with Gasteiger partial charge in [-0.05, 0) is 18.9 Å². The monoisotopic (exact) mass is 347 g/mol. The smallest absolute Gasteiger partial charge is 0.331 e. The van der Waals surface area contributed by atoms with E-state index in [9.17, 15) is 14.7 Å². The summed E-state index contributed by atoms with van der Waals surface area (Å²) in [6, 6.07) is 4.83. The summed E-state index contributed by atoms with van der Waals surface area (Å²) >= 11 is 1.33. The quantitative estimate of drug-likeness (QED) is 0.746. The number of carboxylic acids is 1. The number of hydrogen-bond acceptors (Lipinski definition) is 5. The van der Waals surface area contributed by atoms with Gasteiger partial charge in [-0.1, -0.05) is 18.2 Å². The highest BCUT2D eigenvalue weighted by molar-refractivity contribution is 7.13. The number of ether oxygens (including phenoxy) is 1. The van der Waals surface area contributed by atoms with Gasteiger partial charge in [-0.3, -0.25) is 5.32 Å². The number of thiazole rings is 1. The number of methoxy groups -OCH3 is 1. The van der Waals surface area contributed by atoms with Crippen molar-refractivity contribution in [3.63, 3.8) is 0 Å². The maximum absolute atomic E-state index is 12.1. The molecule has 1 aromatic heterocycles. The molecular formula is C16H17N3O4S. The molecule has 0 spiro atoms. The Morgan fingerprint density at radius 3 is 2.79 bits per heavy atom. The van der Waals surface area contributed by atoms with Crippen molar-refractivity contribution in [3.05, 3.63) is 40.9 Å². The summed E-state index contributed by atoms with van der Waals surface area (Å²) in [5.74, 6) is -0.275. The Morgan fingerprint density at radius 1 is 1.38 bits per heavy atom. The number of aromatic nitrogens is 1. The average Bonchev–Trinajstić information content (AvgIpc) is 3.32. The van der Waals surface area contributed by atoms with Crippen LogP contribution >= 0.6 is 11.3 Å². The predicted octanol–water partition coefficient (Wildman–Crippen LogP) is 2.98. The van der Waals surface area contributed by atoms with E-state index >= 15 is 0 Å². The lowest BCUT2D eigenvalue weighted by Gasteiger charge is -2.17. The largest absolute Gasteiger partial charge is 0.496 e. The third-order valence-electron chi connectivity index (χ3n) is 3.71. The number of amides is 2. The second-order valence-corrected chi connectivity index (χ2v) is 6.32. The molecule has 24 heavy (non-hydrogen) atoms. The highest BCUT2D eigenvalue weighted by atomic mass is 32.1. The van der Waals surface area contributed by atoms with E-state index in [0.717, 1.165) is 18.5 Å². The van der Waals surface area contributed by atoms with Gasteiger partial charge in [-0.2, -0.15) is 0 Å². The lowest BCUT2D eigenvalue weighted by Crippen LogP contribution is -2.36. The number of anilines is 1. The Kier molecular flexibility index (Phi) is 4.66. The van der Waals surface area contributed by atoms with E-state index in [2.05, 4.69) is 15.6 Å². The molecule has 1 atom stereocenters. The van der Waals surface area contributed by atoms with Crippen LogP contribution in [0, 0.1) is 0 Å². The first-order valence-corrected chi connectivity index (χ1v) is 8.35. The highest BCUT2D eigenvalue weighted by Crippen LogP contribution is 2.40. The predicted molar refractivity (Wildman–Crippen MR) is 89.6 cm³/mol. The molecule has 1 aromatic carbocycles. The number of hydrogen-bond donors (Lipinski definition) is 3. The van der Waals surface area contributed by atoms with Gasteiger partial charge in [0.05, 0.1) is 12.8 Å². The van der Waals surface area contributed by atoms with E-state index in [-0.39, 0.29) is 0 Å². The summed E-state index contributed by atoms with van der Waals surface area (Å²) < 4.78 is 5.17. The number of carbonyl (C=O) groups excluding carboxylic acids is 1. The standard InChI is InChI=1S/C16H17N3O4S/c1-23-12-5-3-2-4-10(12)13(14(20)21)18-15(22)19-16-17-11(8-24-16)9-6-7-9/h2-5,8-9,13H,6-7H2,1H3,(H,20,21)(H2,17,18,19,22). The van der Waals surface area contributed by atoms with Crippen LogP contribution in [0.2, 0.25) is 0 Å². The van der Waals surface area contributed by atoms with Crippen molar-refractivity contribution in [2.45, 2.75) is 24.8 Å². The maximum atomic E-state index is 12.1. The first-order chi connectivity index (χ1) is 11.6. The van der Waals surface area contributed by atoms with Crippen molar-refractivity contribution in [2.24, 2.45) is 0 Å². The van der Waals surface area contributed by atoms with E-state index < -0.39 is 18.0 Å². The maximum Gasteiger partial charge on any atom is 0.331 e. The molecule has 0 aliphatic heterocycles. The number of rotatable bonds is 6. The molecule has 0 bridgehead atoms. The molecule has 3 N–H and O–H groups in total. The Labute approximate surface area is 142 Å². The Bertz CT molecular complexity index is 757. The molecule has 3 rings (SSSR count). The molecule has 0 saturated heterocycles. The number of carbonyl (C=O) groups is 2. The van der Waals surface area contributed by atoms with E-state index in [0.29, 0.717) is 22.4 Å². The first kappa shape index (κ1) is 16.3. The van der Waals surface area contributed by atoms with Crippen molar-refractivity contribution in [3.8, 4) is 5.75 Å². The topological polar surface area (TPSA) is 101 Å². The lowest BCUT2D eigenvalue weighted by molar-refractivity contribution is -0.139. The average molecular weight is 347 g/mol. The second kappa shape index (κ2) is 6.88. The number of nitrogens with one attached hydrogen (secondary N) is 2. The number of urea groups is 1. The first-order valence-electron chi connectivity index (χ1n) is 7.47. The summed E-state index contributed by atoms with van der Waals surface area (Å²) in [7, 11) is 1.45. The molecule has 1 unspecified atom stereocenters. The Morgan fingerprint density at radius 2 is 2.12 bits per heavy atom. The van der Waals surface area contributed by atoms with Crippen LogP contribution in [0.1, 0.15) is 36.1 Å². The lowest BCUT2D eigenvalue weighted by atomic mass is 10.1. The third-order valence-corrected chi connectivity index (χ3v) is 4.49. The van der Waals surface area contributed by atoms with Crippen molar-refractivity contribution in [2.75, 3.05) is 12.4 Å². The molecule has 1 aliphatic rings. The van der Waals surface area contributed by atoms with E-state index in [4.69, 9.17) is 4.74 Å². The molecule has 2 aromatic rings. The van der Waals surface area contributed by atoms with Crippen molar-refractivity contribution in [1.82, 2.24) is 10.3 Å². The van der Waals surface area contributed by atoms with Crippen molar-refractivity contribution >= 4 is 28.5 Å². The normalized spacial score (nSPS) is 14.7. The van der Waals surface area contributed by atoms with Gasteiger partial charge in [0.2, 0.25) is 0 Å². The van der Waals surface area contributed by atoms with Crippen molar-refractivity contribution < 1.29 is 19.4 Å². The van der Waals surface area contributed by atoms with Gasteiger partial charge in [0.1, 0.15) is 5.75 Å². The van der Waals surface area contributed by atoms with Crippen molar-refractivity contribution in [1.29, 1.82) is 0 Å². The van der Waals surface area contributed by atoms with Crippen LogP contribution in [0.15, 0.2) is 29.6 Å². The minimum atomic E-state index is -1.22. The molecule has 7 nitrogen and oxygen atoms in total. The fraction of sp³-hybridized carbons (Fsp3) is 0.312. The molecule has 1 aliphatic carbocycles. The van der Waals surface area contributed by atoms with Crippen LogP contribution in [0.3, 0.4) is 0 Å². The molecule has 2 amide bonds. The summed E-state index contributed by atoms with van der Waals surface area (Å²) in [4.78, 5) is 28.0. The van der Waals surface area contributed by atoms with Crippen LogP contribution in [0.4, 0.5) is 9.93 Å². The van der Waals surface area contributed by atoms with E-state index in [1.165, 1.54) is 18.4 Å². The van der Waals surface area contributed by atoms with Gasteiger partial charge >= 0.3 is 12.0 Å². The Hall–Kier alpha value is -2.61. The second-order valence-electron chi connectivity index (χ2n) is 5.46. The van der Waals surface area contributed by atoms with Gasteiger partial charge in [0.25, 0.3) is 0 Å².